The van der Waals surface area contributed by atoms with Crippen LogP contribution in [0, 0.1) is 0 Å². The number of rotatable bonds is 8. The lowest BCUT2D eigenvalue weighted by atomic mass is 9.96. The number of aryl methyl sites for hydroxylation is 1. The molecule has 1 amide bonds. The van der Waals surface area contributed by atoms with E-state index in [1.807, 2.05) is 34.9 Å². The van der Waals surface area contributed by atoms with E-state index < -0.39 is 0 Å². The number of hydrogen-bond acceptors (Lipinski definition) is 7. The second kappa shape index (κ2) is 11.5. The minimum Gasteiger partial charge on any atom is -0.465 e. The van der Waals surface area contributed by atoms with Crippen LogP contribution < -0.4 is 5.32 Å². The number of nitrogens with zero attached hydrogens (tertiary/aromatic N) is 3. The van der Waals surface area contributed by atoms with E-state index >= 15 is 0 Å². The number of anilines is 1. The van der Waals surface area contributed by atoms with Gasteiger partial charge in [-0.1, -0.05) is 61.0 Å². The number of carbonyl (C=O) groups is 2. The molecule has 4 rings (SSSR count). The number of aromatic nitrogens is 3. The highest BCUT2D eigenvalue weighted by molar-refractivity contribution is 7.99. The van der Waals surface area contributed by atoms with Crippen molar-refractivity contribution in [2.24, 2.45) is 0 Å². The molecule has 178 valence electrons. The summed E-state index contributed by atoms with van der Waals surface area (Å²) < 4.78 is 6.99. The number of nitrogens with one attached hydrogen (secondary N) is 1. The van der Waals surface area contributed by atoms with E-state index in [4.69, 9.17) is 4.74 Å². The Hall–Kier alpha value is -2.91. The Bertz CT molecular complexity index is 1170. The fourth-order valence-corrected chi connectivity index (χ4v) is 6.15. The van der Waals surface area contributed by atoms with E-state index in [0.717, 1.165) is 49.1 Å². The lowest BCUT2D eigenvalue weighted by molar-refractivity contribution is -0.113. The molecule has 0 atom stereocenters. The fraction of sp³-hybridized carbons (Fsp3) is 0.360. The van der Waals surface area contributed by atoms with E-state index in [1.54, 1.807) is 6.08 Å². The minimum absolute atomic E-state index is 0.146. The molecule has 0 spiro atoms. The van der Waals surface area contributed by atoms with Crippen LogP contribution >= 0.6 is 23.1 Å². The van der Waals surface area contributed by atoms with Crippen LogP contribution in [0.4, 0.5) is 5.00 Å². The zero-order chi connectivity index (χ0) is 23.9. The maximum Gasteiger partial charge on any atom is 0.341 e. The van der Waals surface area contributed by atoms with Crippen molar-refractivity contribution in [3.63, 3.8) is 0 Å². The number of amides is 1. The van der Waals surface area contributed by atoms with Gasteiger partial charge in [0, 0.05) is 17.0 Å². The van der Waals surface area contributed by atoms with Gasteiger partial charge in [-0.25, -0.2) is 4.79 Å². The van der Waals surface area contributed by atoms with Gasteiger partial charge in [0.15, 0.2) is 11.0 Å². The normalized spacial score (nSPS) is 13.4. The Morgan fingerprint density at radius 1 is 1.18 bits per heavy atom. The molecule has 1 aliphatic carbocycles. The van der Waals surface area contributed by atoms with E-state index in [1.165, 1.54) is 41.5 Å². The molecule has 0 bridgehead atoms. The smallest absolute Gasteiger partial charge is 0.341 e. The third kappa shape index (κ3) is 5.42. The van der Waals surface area contributed by atoms with Crippen LogP contribution in [0.5, 0.6) is 0 Å². The maximum atomic E-state index is 12.9. The first kappa shape index (κ1) is 24.2. The summed E-state index contributed by atoms with van der Waals surface area (Å²) in [6.07, 6.45) is 8.04. The number of allylic oxidation sites excluding steroid dienone is 1. The number of carbonyl (C=O) groups excluding carboxylic acids is 2. The first-order valence-corrected chi connectivity index (χ1v) is 13.2. The summed E-state index contributed by atoms with van der Waals surface area (Å²) in [7, 11) is 1.38. The molecule has 1 N–H and O–H groups in total. The molecule has 9 heteroatoms. The molecule has 0 unspecified atom stereocenters. The van der Waals surface area contributed by atoms with Crippen molar-refractivity contribution in [3.8, 4) is 11.4 Å². The van der Waals surface area contributed by atoms with Crippen molar-refractivity contribution in [1.82, 2.24) is 14.8 Å². The van der Waals surface area contributed by atoms with Crippen molar-refractivity contribution < 1.29 is 14.3 Å². The molecule has 7 nitrogen and oxygen atoms in total. The van der Waals surface area contributed by atoms with Crippen LogP contribution in [-0.4, -0.2) is 39.5 Å². The average Bonchev–Trinajstić information content (AvgIpc) is 3.38. The van der Waals surface area contributed by atoms with Crippen molar-refractivity contribution in [3.05, 3.63) is 59.0 Å². The number of benzene rings is 1. The van der Waals surface area contributed by atoms with Crippen LogP contribution in [0.1, 0.15) is 46.5 Å². The van der Waals surface area contributed by atoms with Crippen molar-refractivity contribution in [2.75, 3.05) is 18.2 Å². The second-order valence-corrected chi connectivity index (χ2v) is 10.1. The molecular weight excluding hydrogens is 468 g/mol. The Kier molecular flexibility index (Phi) is 8.18. The van der Waals surface area contributed by atoms with Crippen LogP contribution in [0.15, 0.2) is 48.1 Å². The first-order chi connectivity index (χ1) is 16.6. The van der Waals surface area contributed by atoms with E-state index in [9.17, 15) is 9.59 Å². The van der Waals surface area contributed by atoms with Gasteiger partial charge in [-0.2, -0.15) is 0 Å². The van der Waals surface area contributed by atoms with Gasteiger partial charge in [-0.3, -0.25) is 9.36 Å². The molecule has 2 aromatic heterocycles. The number of thioether (sulfide) groups is 1. The molecule has 0 saturated heterocycles. The van der Waals surface area contributed by atoms with Crippen LogP contribution in [0.25, 0.3) is 11.4 Å². The predicted octanol–water partition coefficient (Wildman–Crippen LogP) is 5.37. The zero-order valence-corrected chi connectivity index (χ0v) is 20.8. The number of esters is 1. The summed E-state index contributed by atoms with van der Waals surface area (Å²) in [4.78, 5) is 26.6. The molecule has 34 heavy (non-hydrogen) atoms. The summed E-state index contributed by atoms with van der Waals surface area (Å²) >= 11 is 2.81. The summed E-state index contributed by atoms with van der Waals surface area (Å²) in [5.74, 6) is 0.292. The van der Waals surface area contributed by atoms with Gasteiger partial charge < -0.3 is 10.1 Å². The quantitative estimate of drug-likeness (QED) is 0.256. The van der Waals surface area contributed by atoms with Gasteiger partial charge in [-0.05, 0) is 31.2 Å². The molecule has 3 aromatic rings. The van der Waals surface area contributed by atoms with Crippen molar-refractivity contribution >= 4 is 40.0 Å². The SMILES string of the molecule is C=CCn1c(SCC(=O)Nc2sc3c(c2C(=O)OC)CCCCCC3)nnc1-c1ccccc1. The molecular formula is C25H28N4O3S2. The van der Waals surface area contributed by atoms with Crippen molar-refractivity contribution in [2.45, 2.75) is 50.2 Å². The minimum atomic E-state index is -0.390. The Morgan fingerprint density at radius 3 is 2.68 bits per heavy atom. The van der Waals surface area contributed by atoms with Gasteiger partial charge in [0.25, 0.3) is 0 Å². The van der Waals surface area contributed by atoms with Crippen LogP contribution in [-0.2, 0) is 28.9 Å². The lowest BCUT2D eigenvalue weighted by Gasteiger charge is -2.11. The van der Waals surface area contributed by atoms with Gasteiger partial charge in [-0.15, -0.1) is 28.1 Å². The predicted molar refractivity (Wildman–Crippen MR) is 137 cm³/mol. The summed E-state index contributed by atoms with van der Waals surface area (Å²) in [5.41, 5.74) is 2.51. The number of hydrogen-bond donors (Lipinski definition) is 1. The number of fused-ring (bicyclic) bond motifs is 1. The Balaban J connectivity index is 1.51. The van der Waals surface area contributed by atoms with Gasteiger partial charge >= 0.3 is 5.97 Å². The standard InChI is InChI=1S/C25H28N4O3S2/c1-3-15-29-22(17-11-7-6-8-12-17)27-28-25(29)33-16-20(30)26-23-21(24(31)32-2)18-13-9-4-5-10-14-19(18)34-23/h3,6-8,11-12H,1,4-5,9-10,13-16H2,2H3,(H,26,30). The summed E-state index contributed by atoms with van der Waals surface area (Å²) in [5, 5.41) is 12.8. The topological polar surface area (TPSA) is 86.1 Å². The molecule has 0 saturated carbocycles. The molecule has 2 heterocycles. The van der Waals surface area contributed by atoms with E-state index in [-0.39, 0.29) is 17.6 Å². The molecule has 0 radical (unpaired) electrons. The highest BCUT2D eigenvalue weighted by Crippen LogP contribution is 2.37. The molecule has 1 aliphatic rings. The number of thiophene rings is 1. The maximum absolute atomic E-state index is 12.9. The summed E-state index contributed by atoms with van der Waals surface area (Å²) in [6, 6.07) is 9.80. The Morgan fingerprint density at radius 2 is 1.94 bits per heavy atom. The third-order valence-electron chi connectivity index (χ3n) is 5.71. The molecule has 0 aliphatic heterocycles. The monoisotopic (exact) mass is 496 g/mol. The van der Waals surface area contributed by atoms with E-state index in [2.05, 4.69) is 22.1 Å². The lowest BCUT2D eigenvalue weighted by Crippen LogP contribution is -2.17. The van der Waals surface area contributed by atoms with Crippen LogP contribution in [0.3, 0.4) is 0 Å². The third-order valence-corrected chi connectivity index (χ3v) is 7.88. The van der Waals surface area contributed by atoms with Gasteiger partial charge in [0.05, 0.1) is 18.4 Å². The van der Waals surface area contributed by atoms with E-state index in [0.29, 0.717) is 22.3 Å². The largest absolute Gasteiger partial charge is 0.465 e. The zero-order valence-electron chi connectivity index (χ0n) is 19.2. The molecule has 1 aromatic carbocycles. The molecule has 0 fully saturated rings. The van der Waals surface area contributed by atoms with Gasteiger partial charge in [0.2, 0.25) is 5.91 Å². The second-order valence-electron chi connectivity index (χ2n) is 8.02. The number of methoxy groups -OCH3 is 1. The highest BCUT2D eigenvalue weighted by atomic mass is 32.2. The summed E-state index contributed by atoms with van der Waals surface area (Å²) in [6.45, 7) is 4.37. The number of ether oxygens (including phenoxy) is 1. The first-order valence-electron chi connectivity index (χ1n) is 11.4. The van der Waals surface area contributed by atoms with Crippen LogP contribution in [0.2, 0.25) is 0 Å². The Labute approximate surface area is 207 Å². The van der Waals surface area contributed by atoms with Gasteiger partial charge in [0.1, 0.15) is 5.00 Å². The fourth-order valence-electron chi connectivity index (χ4n) is 4.11. The average molecular weight is 497 g/mol. The van der Waals surface area contributed by atoms with Crippen molar-refractivity contribution in [1.29, 1.82) is 0 Å². The highest BCUT2D eigenvalue weighted by Gasteiger charge is 2.26.